The van der Waals surface area contributed by atoms with Gasteiger partial charge in [0.05, 0.1) is 29.0 Å². The van der Waals surface area contributed by atoms with Gasteiger partial charge in [0.15, 0.2) is 0 Å². The number of ether oxygens (including phenoxy) is 1. The van der Waals surface area contributed by atoms with Gasteiger partial charge in [-0.3, -0.25) is 0 Å². The molecule has 2 heterocycles. The lowest BCUT2D eigenvalue weighted by Crippen LogP contribution is -2.04. The zero-order chi connectivity index (χ0) is 15.9. The Kier molecular flexibility index (Phi) is 3.54. The van der Waals surface area contributed by atoms with Gasteiger partial charge in [0.2, 0.25) is 0 Å². The molecule has 7 heteroatoms. The van der Waals surface area contributed by atoms with Crippen molar-refractivity contribution >= 4 is 28.6 Å². The smallest absolute Gasteiger partial charge is 0.356 e. The molecule has 5 nitrogen and oxygen atoms in total. The number of hydrogen-bond donors (Lipinski definition) is 0. The molecule has 2 aromatic heterocycles. The first-order chi connectivity index (χ1) is 10.5. The molecule has 3 rings (SSSR count). The van der Waals surface area contributed by atoms with Crippen molar-refractivity contribution in [3.8, 4) is 5.69 Å². The van der Waals surface area contributed by atoms with Gasteiger partial charge in [-0.15, -0.1) is 0 Å². The molecule has 22 heavy (non-hydrogen) atoms. The van der Waals surface area contributed by atoms with E-state index in [9.17, 15) is 9.18 Å². The standard InChI is InChI=1S/C15H11ClFN3O2/c1-8-14-13(6-5-12(18-14)15(21)22-2)20(19-8)9-3-4-10(16)11(17)7-9/h3-7H,1-2H3. The summed E-state index contributed by atoms with van der Waals surface area (Å²) in [6.07, 6.45) is 0. The van der Waals surface area contributed by atoms with Crippen LogP contribution in [0, 0.1) is 12.7 Å². The van der Waals surface area contributed by atoms with Crippen LogP contribution >= 0.6 is 11.6 Å². The number of hydrogen-bond acceptors (Lipinski definition) is 4. The second-order valence-electron chi connectivity index (χ2n) is 4.65. The van der Waals surface area contributed by atoms with Crippen molar-refractivity contribution in [2.75, 3.05) is 7.11 Å². The predicted octanol–water partition coefficient (Wildman–Crippen LogP) is 3.31. The SMILES string of the molecule is COC(=O)c1ccc2c(n1)c(C)nn2-c1ccc(Cl)c(F)c1. The van der Waals surface area contributed by atoms with Crippen molar-refractivity contribution in [2.45, 2.75) is 6.92 Å². The fourth-order valence-corrected chi connectivity index (χ4v) is 2.29. The first kappa shape index (κ1) is 14.5. The Morgan fingerprint density at radius 2 is 2.09 bits per heavy atom. The van der Waals surface area contributed by atoms with Crippen LogP contribution in [0.5, 0.6) is 0 Å². The van der Waals surface area contributed by atoms with E-state index in [1.54, 1.807) is 23.7 Å². The Balaban J connectivity index is 2.19. The first-order valence-electron chi connectivity index (χ1n) is 6.41. The molecule has 0 fully saturated rings. The Labute approximate surface area is 130 Å². The summed E-state index contributed by atoms with van der Waals surface area (Å²) in [4.78, 5) is 15.8. The minimum Gasteiger partial charge on any atom is -0.464 e. The van der Waals surface area contributed by atoms with Gasteiger partial charge in [0, 0.05) is 6.07 Å². The summed E-state index contributed by atoms with van der Waals surface area (Å²) in [6, 6.07) is 7.65. The lowest BCUT2D eigenvalue weighted by atomic mass is 10.2. The summed E-state index contributed by atoms with van der Waals surface area (Å²) >= 11 is 5.69. The van der Waals surface area contributed by atoms with Gasteiger partial charge in [-0.25, -0.2) is 18.9 Å². The van der Waals surface area contributed by atoms with Crippen LogP contribution in [0.1, 0.15) is 16.2 Å². The highest BCUT2D eigenvalue weighted by atomic mass is 35.5. The zero-order valence-electron chi connectivity index (χ0n) is 11.8. The largest absolute Gasteiger partial charge is 0.464 e. The number of benzene rings is 1. The molecule has 3 aromatic rings. The second kappa shape index (κ2) is 5.38. The average Bonchev–Trinajstić information content (AvgIpc) is 2.86. The predicted molar refractivity (Wildman–Crippen MR) is 79.9 cm³/mol. The number of aryl methyl sites for hydroxylation is 1. The number of carbonyl (C=O) groups is 1. The second-order valence-corrected chi connectivity index (χ2v) is 5.06. The minimum atomic E-state index is -0.528. The van der Waals surface area contributed by atoms with Crippen molar-refractivity contribution < 1.29 is 13.9 Å². The topological polar surface area (TPSA) is 57.0 Å². The molecule has 112 valence electrons. The minimum absolute atomic E-state index is 0.0445. The van der Waals surface area contributed by atoms with Crippen LogP contribution < -0.4 is 0 Å². The number of methoxy groups -OCH3 is 1. The number of rotatable bonds is 2. The summed E-state index contributed by atoms with van der Waals surface area (Å²) in [5.74, 6) is -1.05. The molecule has 0 radical (unpaired) electrons. The number of esters is 1. The van der Waals surface area contributed by atoms with E-state index in [1.807, 2.05) is 0 Å². The highest BCUT2D eigenvalue weighted by Crippen LogP contribution is 2.23. The molecule has 0 saturated heterocycles. The zero-order valence-corrected chi connectivity index (χ0v) is 12.6. The van der Waals surface area contributed by atoms with E-state index < -0.39 is 11.8 Å². The van der Waals surface area contributed by atoms with Gasteiger partial charge in [0.25, 0.3) is 0 Å². The van der Waals surface area contributed by atoms with Crippen molar-refractivity contribution in [3.63, 3.8) is 0 Å². The van der Waals surface area contributed by atoms with Crippen LogP contribution in [0.4, 0.5) is 4.39 Å². The third-order valence-corrected chi connectivity index (χ3v) is 3.54. The van der Waals surface area contributed by atoms with Gasteiger partial charge >= 0.3 is 5.97 Å². The van der Waals surface area contributed by atoms with Crippen LogP contribution in [0.25, 0.3) is 16.7 Å². The highest BCUT2D eigenvalue weighted by Gasteiger charge is 2.15. The summed E-state index contributed by atoms with van der Waals surface area (Å²) in [7, 11) is 1.29. The normalized spacial score (nSPS) is 10.9. The molecule has 0 unspecified atom stereocenters. The maximum absolute atomic E-state index is 13.6. The number of nitrogens with zero attached hydrogens (tertiary/aromatic N) is 3. The summed E-state index contributed by atoms with van der Waals surface area (Å²) in [5, 5.41) is 4.39. The van der Waals surface area contributed by atoms with Gasteiger partial charge in [0.1, 0.15) is 17.0 Å². The third-order valence-electron chi connectivity index (χ3n) is 3.24. The van der Waals surface area contributed by atoms with Crippen LogP contribution in [0.2, 0.25) is 5.02 Å². The Morgan fingerprint density at radius 1 is 1.32 bits per heavy atom. The molecule has 0 bridgehead atoms. The Hall–Kier alpha value is -2.47. The van der Waals surface area contributed by atoms with E-state index in [-0.39, 0.29) is 10.7 Å². The van der Waals surface area contributed by atoms with E-state index in [1.165, 1.54) is 25.3 Å². The molecular weight excluding hydrogens is 309 g/mol. The number of aromatic nitrogens is 3. The van der Waals surface area contributed by atoms with Crippen LogP contribution in [-0.4, -0.2) is 27.8 Å². The number of halogens is 2. The first-order valence-corrected chi connectivity index (χ1v) is 6.79. The molecular formula is C15H11ClFN3O2. The lowest BCUT2D eigenvalue weighted by Gasteiger charge is -2.04. The van der Waals surface area contributed by atoms with Crippen LogP contribution in [0.3, 0.4) is 0 Å². The monoisotopic (exact) mass is 319 g/mol. The molecule has 0 aliphatic rings. The molecule has 0 amide bonds. The quantitative estimate of drug-likeness (QED) is 0.680. The van der Waals surface area contributed by atoms with Crippen LogP contribution in [-0.2, 0) is 4.74 Å². The fraction of sp³-hybridized carbons (Fsp3) is 0.133. The van der Waals surface area contributed by atoms with Crippen LogP contribution in [0.15, 0.2) is 30.3 Å². The van der Waals surface area contributed by atoms with E-state index in [0.717, 1.165) is 0 Å². The molecule has 0 atom stereocenters. The van der Waals surface area contributed by atoms with Crippen molar-refractivity contribution in [2.24, 2.45) is 0 Å². The van der Waals surface area contributed by atoms with Crippen molar-refractivity contribution in [1.29, 1.82) is 0 Å². The maximum atomic E-state index is 13.6. The highest BCUT2D eigenvalue weighted by molar-refractivity contribution is 6.30. The molecule has 0 spiro atoms. The summed E-state index contributed by atoms with van der Waals surface area (Å²) in [6.45, 7) is 1.76. The van der Waals surface area contributed by atoms with Gasteiger partial charge in [-0.2, -0.15) is 5.10 Å². The van der Waals surface area contributed by atoms with Crippen molar-refractivity contribution in [3.05, 3.63) is 52.6 Å². The van der Waals surface area contributed by atoms with Crippen molar-refractivity contribution in [1.82, 2.24) is 14.8 Å². The number of pyridine rings is 1. The average molecular weight is 320 g/mol. The molecule has 0 aliphatic heterocycles. The summed E-state index contributed by atoms with van der Waals surface area (Å²) in [5.41, 5.74) is 2.55. The van der Waals surface area contributed by atoms with Gasteiger partial charge in [-0.1, -0.05) is 11.6 Å². The van der Waals surface area contributed by atoms with E-state index in [4.69, 9.17) is 11.6 Å². The van der Waals surface area contributed by atoms with Gasteiger partial charge in [-0.05, 0) is 31.2 Å². The summed E-state index contributed by atoms with van der Waals surface area (Å²) < 4.78 is 19.8. The van der Waals surface area contributed by atoms with Gasteiger partial charge < -0.3 is 4.74 Å². The molecule has 0 N–H and O–H groups in total. The van der Waals surface area contributed by atoms with E-state index >= 15 is 0 Å². The van der Waals surface area contributed by atoms with E-state index in [0.29, 0.717) is 22.4 Å². The molecule has 0 aliphatic carbocycles. The third kappa shape index (κ3) is 2.31. The lowest BCUT2D eigenvalue weighted by molar-refractivity contribution is 0.0594. The number of carbonyl (C=O) groups excluding carboxylic acids is 1. The molecule has 1 aromatic carbocycles. The maximum Gasteiger partial charge on any atom is 0.356 e. The number of fused-ring (bicyclic) bond motifs is 1. The Bertz CT molecular complexity index is 892. The van der Waals surface area contributed by atoms with E-state index in [2.05, 4.69) is 14.8 Å². The fourth-order valence-electron chi connectivity index (χ4n) is 2.17. The molecule has 0 saturated carbocycles. The Morgan fingerprint density at radius 3 is 2.77 bits per heavy atom.